The Morgan fingerprint density at radius 1 is 0.778 bits per heavy atom. The molecule has 0 aromatic rings. The van der Waals surface area contributed by atoms with Crippen molar-refractivity contribution in [1.82, 2.24) is 9.80 Å². The molecule has 0 radical (unpaired) electrons. The summed E-state index contributed by atoms with van der Waals surface area (Å²) in [6.45, 7) is 20.9. The summed E-state index contributed by atoms with van der Waals surface area (Å²) in [7, 11) is 0. The third kappa shape index (κ3) is 16.4. The van der Waals surface area contributed by atoms with Gasteiger partial charge in [-0.15, -0.1) is 0 Å². The topological polar surface area (TPSA) is 125 Å². The number of rotatable bonds is 8. The molecular formula is C32H59BrN2O10. The fourth-order valence-electron chi connectivity index (χ4n) is 5.02. The first-order valence-corrected chi connectivity index (χ1v) is 17.4. The van der Waals surface area contributed by atoms with Gasteiger partial charge in [0.05, 0.1) is 45.2 Å². The molecule has 0 saturated carbocycles. The number of hydrogen-bond acceptors (Lipinski definition) is 10. The average molecular weight is 712 g/mol. The highest BCUT2D eigenvalue weighted by molar-refractivity contribution is 9.09. The van der Waals surface area contributed by atoms with Gasteiger partial charge in [-0.1, -0.05) is 15.9 Å². The molecule has 0 aromatic carbocycles. The van der Waals surface area contributed by atoms with E-state index in [1.807, 2.05) is 55.4 Å². The second-order valence-corrected chi connectivity index (χ2v) is 14.9. The quantitative estimate of drug-likeness (QED) is 0.256. The molecule has 4 saturated heterocycles. The molecule has 0 bridgehead atoms. The van der Waals surface area contributed by atoms with Gasteiger partial charge in [0.25, 0.3) is 0 Å². The molecule has 2 atom stereocenters. The summed E-state index contributed by atoms with van der Waals surface area (Å²) in [6, 6.07) is 0. The number of carbonyl (C=O) groups is 2. The van der Waals surface area contributed by atoms with E-state index >= 15 is 0 Å². The Balaban J connectivity index is 0.000000259. The lowest BCUT2D eigenvalue weighted by Gasteiger charge is -2.24. The second kappa shape index (κ2) is 18.4. The molecule has 1 N–H and O–H groups in total. The number of alkyl halides is 1. The molecule has 4 aliphatic heterocycles. The number of likely N-dealkylation sites (tertiary alicyclic amines) is 2. The first-order chi connectivity index (χ1) is 20.9. The van der Waals surface area contributed by atoms with Crippen LogP contribution in [0.5, 0.6) is 0 Å². The number of carbonyl (C=O) groups excluding carboxylic acids is 2. The number of amides is 2. The van der Waals surface area contributed by atoms with Gasteiger partial charge in [-0.2, -0.15) is 0 Å². The van der Waals surface area contributed by atoms with E-state index in [1.165, 1.54) is 4.90 Å². The maximum atomic E-state index is 12.0. The normalized spacial score (nSPS) is 24.0. The van der Waals surface area contributed by atoms with E-state index in [1.54, 1.807) is 4.90 Å². The van der Waals surface area contributed by atoms with Crippen LogP contribution in [-0.4, -0.2) is 127 Å². The van der Waals surface area contributed by atoms with Gasteiger partial charge < -0.3 is 48.1 Å². The van der Waals surface area contributed by atoms with Crippen molar-refractivity contribution in [2.24, 2.45) is 0 Å². The minimum Gasteiger partial charge on any atom is -0.444 e. The van der Waals surface area contributed by atoms with Gasteiger partial charge in [0.2, 0.25) is 0 Å². The van der Waals surface area contributed by atoms with E-state index in [-0.39, 0.29) is 30.2 Å². The lowest BCUT2D eigenvalue weighted by atomic mass is 10.2. The fraction of sp³-hybridized carbons (Fsp3) is 0.938. The minimum atomic E-state index is -0.454. The molecule has 0 unspecified atom stereocenters. The zero-order valence-electron chi connectivity index (χ0n) is 28.9. The highest BCUT2D eigenvalue weighted by Gasteiger charge is 2.33. The summed E-state index contributed by atoms with van der Waals surface area (Å²) in [5.74, 6) is -0.727. The molecule has 2 amide bonds. The van der Waals surface area contributed by atoms with Crippen LogP contribution >= 0.6 is 15.9 Å². The summed E-state index contributed by atoms with van der Waals surface area (Å²) in [6.07, 6.45) is 4.47. The third-order valence-corrected chi connectivity index (χ3v) is 7.86. The Morgan fingerprint density at radius 3 is 1.64 bits per heavy atom. The number of hydrogen-bond donors (Lipinski definition) is 1. The maximum absolute atomic E-state index is 12.0. The third-order valence-electron chi connectivity index (χ3n) is 7.30. The van der Waals surface area contributed by atoms with Crippen LogP contribution < -0.4 is 0 Å². The van der Waals surface area contributed by atoms with Crippen molar-refractivity contribution in [1.29, 1.82) is 0 Å². The first-order valence-electron chi connectivity index (χ1n) is 16.3. The molecule has 0 aromatic heterocycles. The Morgan fingerprint density at radius 2 is 1.22 bits per heavy atom. The van der Waals surface area contributed by atoms with E-state index in [2.05, 4.69) is 15.9 Å². The van der Waals surface area contributed by atoms with Crippen LogP contribution in [0.1, 0.15) is 93.9 Å². The molecular weight excluding hydrogens is 652 g/mol. The van der Waals surface area contributed by atoms with Gasteiger partial charge in [0.1, 0.15) is 11.2 Å². The highest BCUT2D eigenvalue weighted by Crippen LogP contribution is 2.25. The highest BCUT2D eigenvalue weighted by atomic mass is 79.9. The first kappa shape index (κ1) is 40.0. The van der Waals surface area contributed by atoms with Crippen molar-refractivity contribution in [3.05, 3.63) is 0 Å². The van der Waals surface area contributed by atoms with Crippen LogP contribution in [0, 0.1) is 0 Å². The molecule has 4 aliphatic rings. The number of halogens is 1. The number of aliphatic hydroxyl groups is 1. The molecule has 4 rings (SSSR count). The Labute approximate surface area is 278 Å². The standard InChI is InChI=1S/C16H29NO5.C9H17NO3.C7H13BrO2/c1-15(2,3)22-14(18)17-8-6-13(12-17)19-9-5-7-16(4)20-10-11-21-16;1-9(2,3)13-8(12)10-5-4-7(11)6-10;1-7(3-2-4-8)9-5-6-10-7/h13H,5-12H2,1-4H3;7,11H,4-6H2,1-3H3;2-6H2,1H3/t13-;7-;/m11./s1. The van der Waals surface area contributed by atoms with Crippen LogP contribution in [0.2, 0.25) is 0 Å². The lowest BCUT2D eigenvalue weighted by Crippen LogP contribution is -2.36. The van der Waals surface area contributed by atoms with E-state index in [0.717, 1.165) is 50.6 Å². The number of ether oxygens (including phenoxy) is 7. The van der Waals surface area contributed by atoms with Crippen molar-refractivity contribution >= 4 is 28.1 Å². The molecule has 0 spiro atoms. The van der Waals surface area contributed by atoms with E-state index in [0.29, 0.717) is 52.4 Å². The summed E-state index contributed by atoms with van der Waals surface area (Å²) < 4.78 is 38.3. The van der Waals surface area contributed by atoms with Crippen LogP contribution in [0.25, 0.3) is 0 Å². The van der Waals surface area contributed by atoms with Crippen molar-refractivity contribution < 1.29 is 47.9 Å². The molecule has 4 fully saturated rings. The Hall–Kier alpha value is -1.22. The smallest absolute Gasteiger partial charge is 0.410 e. The maximum Gasteiger partial charge on any atom is 0.410 e. The van der Waals surface area contributed by atoms with Crippen molar-refractivity contribution in [3.8, 4) is 0 Å². The Bertz CT molecular complexity index is 882. The van der Waals surface area contributed by atoms with E-state index in [9.17, 15) is 14.7 Å². The number of aliphatic hydroxyl groups excluding tert-OH is 1. The average Bonchev–Trinajstić information content (AvgIpc) is 3.74. The summed E-state index contributed by atoms with van der Waals surface area (Å²) in [5.41, 5.74) is -0.905. The molecule has 264 valence electrons. The number of β-amino-alcohol motifs (C(OH)–C–C–N with tert-alkyl or cyclic N) is 1. The largest absolute Gasteiger partial charge is 0.444 e. The van der Waals surface area contributed by atoms with E-state index in [4.69, 9.17) is 33.2 Å². The van der Waals surface area contributed by atoms with Crippen LogP contribution in [-0.2, 0) is 33.2 Å². The van der Waals surface area contributed by atoms with Crippen LogP contribution in [0.4, 0.5) is 9.59 Å². The molecule has 45 heavy (non-hydrogen) atoms. The van der Waals surface area contributed by atoms with E-state index < -0.39 is 17.0 Å². The molecule has 12 nitrogen and oxygen atoms in total. The summed E-state index contributed by atoms with van der Waals surface area (Å²) in [4.78, 5) is 26.6. The van der Waals surface area contributed by atoms with Gasteiger partial charge in [-0.25, -0.2) is 9.59 Å². The SMILES string of the molecule is CC(C)(C)OC(=O)N1CC[C@@H](O)C1.CC(C)(C)OC(=O)N1CC[C@@H](OCCCC2(C)OCCO2)C1.CC1(CCCBr)OCCO1. The van der Waals surface area contributed by atoms with Crippen molar-refractivity contribution in [2.45, 2.75) is 129 Å². The second-order valence-electron chi connectivity index (χ2n) is 14.1. The minimum absolute atomic E-state index is 0.103. The zero-order chi connectivity index (χ0) is 33.7. The van der Waals surface area contributed by atoms with Crippen LogP contribution in [0.15, 0.2) is 0 Å². The lowest BCUT2D eigenvalue weighted by molar-refractivity contribution is -0.150. The van der Waals surface area contributed by atoms with Crippen LogP contribution in [0.3, 0.4) is 0 Å². The number of nitrogens with zero attached hydrogens (tertiary/aromatic N) is 2. The summed E-state index contributed by atoms with van der Waals surface area (Å²) >= 11 is 3.37. The molecule has 0 aliphatic carbocycles. The van der Waals surface area contributed by atoms with Gasteiger partial charge in [0.15, 0.2) is 11.6 Å². The van der Waals surface area contributed by atoms with Gasteiger partial charge >= 0.3 is 12.2 Å². The monoisotopic (exact) mass is 710 g/mol. The fourth-order valence-corrected chi connectivity index (χ4v) is 5.30. The van der Waals surface area contributed by atoms with Gasteiger partial charge in [-0.05, 0) is 81.1 Å². The zero-order valence-corrected chi connectivity index (χ0v) is 30.4. The Kier molecular flexibility index (Phi) is 16.3. The van der Waals surface area contributed by atoms with Gasteiger partial charge in [0, 0.05) is 44.4 Å². The summed E-state index contributed by atoms with van der Waals surface area (Å²) in [5, 5.41) is 10.2. The molecule has 4 heterocycles. The predicted octanol–water partition coefficient (Wildman–Crippen LogP) is 5.47. The van der Waals surface area contributed by atoms with Gasteiger partial charge in [-0.3, -0.25) is 0 Å². The van der Waals surface area contributed by atoms with Crippen molar-refractivity contribution in [3.63, 3.8) is 0 Å². The predicted molar refractivity (Wildman–Crippen MR) is 173 cm³/mol. The molecule has 13 heteroatoms. The van der Waals surface area contributed by atoms with Crippen molar-refractivity contribution in [2.75, 3.05) is 64.5 Å².